The minimum Gasteiger partial charge on any atom is -0.182 e. The van der Waals surface area contributed by atoms with Crippen molar-refractivity contribution in [3.05, 3.63) is 72.8 Å². The van der Waals surface area contributed by atoms with Crippen LogP contribution in [0.5, 0.6) is 0 Å². The molecule has 0 saturated heterocycles. The van der Waals surface area contributed by atoms with E-state index < -0.39 is 0 Å². The molecule has 0 saturated carbocycles. The van der Waals surface area contributed by atoms with Gasteiger partial charge in [-0.05, 0) is 39.2 Å². The van der Waals surface area contributed by atoms with E-state index in [1.54, 1.807) is 6.07 Å². The molecule has 5 aromatic rings. The van der Waals surface area contributed by atoms with Gasteiger partial charge in [-0.25, -0.2) is 0 Å². The van der Waals surface area contributed by atoms with E-state index in [2.05, 4.69) is 0 Å². The van der Waals surface area contributed by atoms with E-state index in [4.69, 9.17) is 0 Å². The van der Waals surface area contributed by atoms with Gasteiger partial charge in [-0.15, -0.1) is 0 Å². The van der Waals surface area contributed by atoms with Crippen molar-refractivity contribution in [2.24, 2.45) is 0 Å². The predicted octanol–water partition coefficient (Wildman–Crippen LogP) is 5.79. The average molecular weight is 408 g/mol. The van der Waals surface area contributed by atoms with Crippen molar-refractivity contribution in [2.75, 3.05) is 9.80 Å². The van der Waals surface area contributed by atoms with Crippen LogP contribution in [0.15, 0.2) is 72.8 Å². The summed E-state index contributed by atoms with van der Waals surface area (Å²) in [5.41, 5.74) is 2.66. The number of nitrogens with zero attached hydrogens (tertiary/aromatic N) is 6. The monoisotopic (exact) mass is 408 g/mol. The quantitative estimate of drug-likeness (QED) is 0.213. The van der Waals surface area contributed by atoms with Crippen LogP contribution in [-0.4, -0.2) is 0 Å². The zero-order chi connectivity index (χ0) is 22.2. The summed E-state index contributed by atoms with van der Waals surface area (Å²) < 4.78 is 0. The highest BCUT2D eigenvalue weighted by Crippen LogP contribution is 2.45. The van der Waals surface area contributed by atoms with Gasteiger partial charge in [-0.2, -0.15) is 30.8 Å². The number of hydrogen-bond donors (Lipinski definition) is 0. The fourth-order valence-electron chi connectivity index (χ4n) is 4.37. The molecule has 6 heteroatoms. The lowest BCUT2D eigenvalue weighted by Gasteiger charge is -2.20. The van der Waals surface area contributed by atoms with Crippen molar-refractivity contribution in [3.63, 3.8) is 0 Å². The van der Waals surface area contributed by atoms with Gasteiger partial charge in [0.1, 0.15) is 0 Å². The lowest BCUT2D eigenvalue weighted by molar-refractivity contribution is 1.27. The van der Waals surface area contributed by atoms with Crippen LogP contribution in [0.25, 0.3) is 43.4 Å². The second kappa shape index (κ2) is 7.19. The Kier molecular flexibility index (Phi) is 4.20. The van der Waals surface area contributed by atoms with Gasteiger partial charge in [-0.1, -0.05) is 60.7 Å². The Hall–Kier alpha value is -5.30. The number of hydrogen-bond acceptors (Lipinski definition) is 6. The number of nitriles is 4. The third-order valence-electron chi connectivity index (χ3n) is 5.68. The molecule has 0 spiro atoms. The van der Waals surface area contributed by atoms with E-state index in [1.807, 2.05) is 91.5 Å². The normalized spacial score (nSPS) is 10.4. The van der Waals surface area contributed by atoms with Crippen LogP contribution in [0.1, 0.15) is 0 Å². The molecule has 146 valence electrons. The van der Waals surface area contributed by atoms with E-state index >= 15 is 0 Å². The third kappa shape index (κ3) is 2.55. The summed E-state index contributed by atoms with van der Waals surface area (Å²) in [6, 6.07) is 22.9. The molecule has 0 radical (unpaired) electrons. The summed E-state index contributed by atoms with van der Waals surface area (Å²) in [4.78, 5) is 1.99. The number of rotatable bonds is 3. The topological polar surface area (TPSA) is 102 Å². The first-order valence-electron chi connectivity index (χ1n) is 9.71. The summed E-state index contributed by atoms with van der Waals surface area (Å²) >= 11 is 0. The Morgan fingerprint density at radius 1 is 0.562 bits per heavy atom. The molecule has 0 atom stereocenters. The van der Waals surface area contributed by atoms with Crippen LogP contribution in [-0.2, 0) is 0 Å². The molecule has 5 aromatic carbocycles. The summed E-state index contributed by atoms with van der Waals surface area (Å²) in [5, 5.41) is 43.3. The number of benzene rings is 5. The van der Waals surface area contributed by atoms with Crippen LogP contribution >= 0.6 is 0 Å². The van der Waals surface area contributed by atoms with Gasteiger partial charge < -0.3 is 0 Å². The Morgan fingerprint density at radius 2 is 1.16 bits per heavy atom. The van der Waals surface area contributed by atoms with Crippen molar-refractivity contribution in [1.82, 2.24) is 0 Å². The standard InChI is InChI=1S/C26H12N6/c27-13-31(14-28)23-11-8-18-6-10-21-25-19(7-9-20(23)24(18)25)12-22(17-4-2-1-3-5-17)26(21)32(15-29)16-30/h1-12H. The minimum absolute atomic E-state index is 0.489. The second-order valence-electron chi connectivity index (χ2n) is 7.22. The first kappa shape index (κ1) is 18.7. The summed E-state index contributed by atoms with van der Waals surface area (Å²) in [6.07, 6.45) is 7.75. The molecule has 0 amide bonds. The van der Waals surface area contributed by atoms with Crippen LogP contribution < -0.4 is 9.80 Å². The maximum atomic E-state index is 9.70. The molecule has 0 unspecified atom stereocenters. The second-order valence-corrected chi connectivity index (χ2v) is 7.22. The molecule has 0 aliphatic rings. The molecule has 0 aliphatic heterocycles. The summed E-state index contributed by atoms with van der Waals surface area (Å²) in [5.74, 6) is 0. The highest BCUT2D eigenvalue weighted by atomic mass is 15.1. The van der Waals surface area contributed by atoms with Crippen LogP contribution in [0, 0.1) is 45.8 Å². The maximum Gasteiger partial charge on any atom is 0.198 e. The predicted molar refractivity (Wildman–Crippen MR) is 123 cm³/mol. The summed E-state index contributed by atoms with van der Waals surface area (Å²) in [6.45, 7) is 0. The van der Waals surface area contributed by atoms with Gasteiger partial charge in [0.2, 0.25) is 0 Å². The lowest BCUT2D eigenvalue weighted by Crippen LogP contribution is -2.10. The minimum atomic E-state index is 0.489. The molecule has 0 heterocycles. The first-order chi connectivity index (χ1) is 15.7. The van der Waals surface area contributed by atoms with Crippen LogP contribution in [0.3, 0.4) is 0 Å². The van der Waals surface area contributed by atoms with Gasteiger partial charge >= 0.3 is 0 Å². The van der Waals surface area contributed by atoms with Crippen LogP contribution in [0.4, 0.5) is 11.4 Å². The Morgan fingerprint density at radius 3 is 1.84 bits per heavy atom. The van der Waals surface area contributed by atoms with E-state index in [-0.39, 0.29) is 0 Å². The third-order valence-corrected chi connectivity index (χ3v) is 5.68. The van der Waals surface area contributed by atoms with E-state index in [0.717, 1.165) is 53.2 Å². The van der Waals surface area contributed by atoms with Gasteiger partial charge in [0.25, 0.3) is 0 Å². The molecular weight excluding hydrogens is 396 g/mol. The fraction of sp³-hybridized carbons (Fsp3) is 0. The average Bonchev–Trinajstić information content (AvgIpc) is 2.85. The molecule has 0 N–H and O–H groups in total. The van der Waals surface area contributed by atoms with Crippen molar-refractivity contribution in [3.8, 4) is 35.9 Å². The van der Waals surface area contributed by atoms with Gasteiger partial charge in [0, 0.05) is 16.3 Å². The largest absolute Gasteiger partial charge is 0.198 e. The van der Waals surface area contributed by atoms with Crippen molar-refractivity contribution >= 4 is 43.7 Å². The first-order valence-corrected chi connectivity index (χ1v) is 9.71. The molecule has 6 nitrogen and oxygen atoms in total. The van der Waals surface area contributed by atoms with Crippen LogP contribution in [0.2, 0.25) is 0 Å². The van der Waals surface area contributed by atoms with Gasteiger partial charge in [0.15, 0.2) is 24.8 Å². The Labute approximate surface area is 183 Å². The highest BCUT2D eigenvalue weighted by Gasteiger charge is 2.21. The van der Waals surface area contributed by atoms with E-state index in [1.165, 1.54) is 0 Å². The van der Waals surface area contributed by atoms with E-state index in [9.17, 15) is 21.0 Å². The Balaban J connectivity index is 1.99. The Bertz CT molecular complexity index is 1650. The van der Waals surface area contributed by atoms with Crippen molar-refractivity contribution < 1.29 is 0 Å². The zero-order valence-electron chi connectivity index (χ0n) is 16.6. The van der Waals surface area contributed by atoms with Gasteiger partial charge in [0.05, 0.1) is 11.4 Å². The summed E-state index contributed by atoms with van der Waals surface area (Å²) in [7, 11) is 0. The fourth-order valence-corrected chi connectivity index (χ4v) is 4.37. The molecule has 5 rings (SSSR count). The molecule has 0 bridgehead atoms. The number of anilines is 2. The highest BCUT2D eigenvalue weighted by molar-refractivity contribution is 6.29. The van der Waals surface area contributed by atoms with E-state index in [0.29, 0.717) is 11.4 Å². The zero-order valence-corrected chi connectivity index (χ0v) is 16.6. The van der Waals surface area contributed by atoms with Crippen molar-refractivity contribution in [1.29, 1.82) is 21.0 Å². The molecule has 0 fully saturated rings. The van der Waals surface area contributed by atoms with Crippen molar-refractivity contribution in [2.45, 2.75) is 0 Å². The SMILES string of the molecule is N#CN(C#N)c1ccc2ccc3c(N(C#N)C#N)c(-c4ccccc4)cc4ccc1c2c43. The maximum absolute atomic E-state index is 9.70. The molecule has 0 aliphatic carbocycles. The molecular formula is C26H12N6. The lowest BCUT2D eigenvalue weighted by atomic mass is 9.89. The van der Waals surface area contributed by atoms with Gasteiger partial charge in [-0.3, -0.25) is 0 Å². The smallest absolute Gasteiger partial charge is 0.182 e. The molecule has 0 aromatic heterocycles. The molecule has 32 heavy (non-hydrogen) atoms.